The summed E-state index contributed by atoms with van der Waals surface area (Å²) in [6, 6.07) is 21.8. The van der Waals surface area contributed by atoms with Gasteiger partial charge in [-0.15, -0.1) is 0 Å². The van der Waals surface area contributed by atoms with Gasteiger partial charge in [0.25, 0.3) is 0 Å². The van der Waals surface area contributed by atoms with Crippen molar-refractivity contribution in [2.45, 2.75) is 94.0 Å². The molecule has 2 unspecified atom stereocenters. The van der Waals surface area contributed by atoms with Crippen molar-refractivity contribution in [3.8, 4) is 5.75 Å². The van der Waals surface area contributed by atoms with Gasteiger partial charge >= 0.3 is 0 Å². The Labute approximate surface area is 224 Å². The minimum Gasteiger partial charge on any atom is -0.488 e. The standard InChI is InChI=1S/C31H43N3O2S/c1-23(2)36-24-20-32-29(33-21-24)27-18-19-31(6,7)28(34-27)22-35-37(30(3,4)5,25-14-10-8-11-15-25)26-16-12-9-13-17-26/h8-17,20-21,23,27-28,34H,18-19,22H2,1-7H3. The second-order valence-corrected chi connectivity index (χ2v) is 15.3. The van der Waals surface area contributed by atoms with Gasteiger partial charge in [0.15, 0.2) is 5.75 Å². The van der Waals surface area contributed by atoms with Crippen LogP contribution >= 0.6 is 10.3 Å². The molecule has 3 aromatic rings. The number of nitrogens with one attached hydrogen (secondary N) is 1. The average molecular weight is 522 g/mol. The highest BCUT2D eigenvalue weighted by Crippen LogP contribution is 2.71. The summed E-state index contributed by atoms with van der Waals surface area (Å²) in [7, 11) is -1.81. The van der Waals surface area contributed by atoms with Crippen molar-refractivity contribution < 1.29 is 8.92 Å². The maximum Gasteiger partial charge on any atom is 0.156 e. The molecule has 1 N–H and O–H groups in total. The lowest BCUT2D eigenvalue weighted by atomic mass is 9.76. The molecule has 0 bridgehead atoms. The predicted octanol–water partition coefficient (Wildman–Crippen LogP) is 7.74. The van der Waals surface area contributed by atoms with E-state index in [-0.39, 0.29) is 28.3 Å². The van der Waals surface area contributed by atoms with Crippen molar-refractivity contribution >= 4 is 10.3 Å². The average Bonchev–Trinajstić information content (AvgIpc) is 2.86. The Morgan fingerprint density at radius 3 is 1.97 bits per heavy atom. The van der Waals surface area contributed by atoms with Gasteiger partial charge < -0.3 is 14.2 Å². The van der Waals surface area contributed by atoms with Crippen LogP contribution < -0.4 is 10.1 Å². The lowest BCUT2D eigenvalue weighted by molar-refractivity contribution is 0.101. The quantitative estimate of drug-likeness (QED) is 0.329. The molecule has 0 radical (unpaired) electrons. The zero-order valence-electron chi connectivity index (χ0n) is 23.4. The van der Waals surface area contributed by atoms with E-state index in [2.05, 4.69) is 111 Å². The van der Waals surface area contributed by atoms with Crippen molar-refractivity contribution in [3.63, 3.8) is 0 Å². The molecule has 2 heterocycles. The number of ether oxygens (including phenoxy) is 1. The van der Waals surface area contributed by atoms with Crippen LogP contribution in [0.15, 0.2) is 82.8 Å². The Hall–Kier alpha value is -2.41. The van der Waals surface area contributed by atoms with Crippen LogP contribution in [0.1, 0.15) is 73.2 Å². The third kappa shape index (κ3) is 6.02. The van der Waals surface area contributed by atoms with Gasteiger partial charge in [-0.3, -0.25) is 0 Å². The lowest BCUT2D eigenvalue weighted by Crippen LogP contribution is -2.51. The molecule has 200 valence electrons. The first-order valence-electron chi connectivity index (χ1n) is 13.3. The van der Waals surface area contributed by atoms with Gasteiger partial charge in [-0.05, 0) is 77.1 Å². The number of benzene rings is 2. The van der Waals surface area contributed by atoms with E-state index < -0.39 is 10.3 Å². The monoisotopic (exact) mass is 521 g/mol. The maximum absolute atomic E-state index is 7.25. The summed E-state index contributed by atoms with van der Waals surface area (Å²) in [5.74, 6) is 1.52. The summed E-state index contributed by atoms with van der Waals surface area (Å²) in [6.45, 7) is 16.2. The van der Waals surface area contributed by atoms with E-state index in [0.29, 0.717) is 12.4 Å². The Balaban J connectivity index is 1.62. The first-order chi connectivity index (χ1) is 17.5. The molecule has 1 aliphatic rings. The van der Waals surface area contributed by atoms with Crippen LogP contribution in [0.5, 0.6) is 5.75 Å². The second-order valence-electron chi connectivity index (χ2n) is 11.8. The fourth-order valence-corrected chi connectivity index (χ4v) is 8.84. The van der Waals surface area contributed by atoms with Crippen molar-refractivity contribution in [3.05, 3.63) is 78.9 Å². The van der Waals surface area contributed by atoms with Gasteiger partial charge in [-0.25, -0.2) is 9.97 Å². The molecule has 0 amide bonds. The van der Waals surface area contributed by atoms with Crippen molar-refractivity contribution in [1.29, 1.82) is 0 Å². The summed E-state index contributed by atoms with van der Waals surface area (Å²) in [5, 5.41) is 3.87. The normalized spacial score (nSPS) is 20.5. The van der Waals surface area contributed by atoms with Crippen LogP contribution in [0, 0.1) is 5.41 Å². The van der Waals surface area contributed by atoms with E-state index in [0.717, 1.165) is 18.7 Å². The van der Waals surface area contributed by atoms with Crippen LogP contribution in [0.3, 0.4) is 0 Å². The van der Waals surface area contributed by atoms with Gasteiger partial charge in [0.05, 0.1) is 31.1 Å². The summed E-state index contributed by atoms with van der Waals surface area (Å²) >= 11 is 0. The fraction of sp³-hybridized carbons (Fsp3) is 0.484. The van der Waals surface area contributed by atoms with Crippen molar-refractivity contribution in [2.24, 2.45) is 5.41 Å². The van der Waals surface area contributed by atoms with Crippen LogP contribution in [0.4, 0.5) is 0 Å². The Morgan fingerprint density at radius 2 is 1.49 bits per heavy atom. The van der Waals surface area contributed by atoms with Gasteiger partial charge in [0, 0.05) is 20.6 Å². The molecule has 1 aliphatic heterocycles. The number of aromatic nitrogens is 2. The van der Waals surface area contributed by atoms with Crippen LogP contribution in [-0.2, 0) is 4.18 Å². The van der Waals surface area contributed by atoms with E-state index in [1.54, 1.807) is 12.4 Å². The van der Waals surface area contributed by atoms with Gasteiger partial charge in [0.2, 0.25) is 0 Å². The highest BCUT2D eigenvalue weighted by atomic mass is 32.3. The number of nitrogens with zero attached hydrogens (tertiary/aromatic N) is 2. The van der Waals surface area contributed by atoms with E-state index in [9.17, 15) is 0 Å². The first-order valence-corrected chi connectivity index (χ1v) is 14.9. The molecule has 5 nitrogen and oxygen atoms in total. The molecular weight excluding hydrogens is 478 g/mol. The van der Waals surface area contributed by atoms with E-state index in [4.69, 9.17) is 8.92 Å². The molecular formula is C31H43N3O2S. The van der Waals surface area contributed by atoms with Crippen LogP contribution in [0.25, 0.3) is 0 Å². The van der Waals surface area contributed by atoms with Gasteiger partial charge in [-0.2, -0.15) is 0 Å². The summed E-state index contributed by atoms with van der Waals surface area (Å²) in [4.78, 5) is 11.8. The smallest absolute Gasteiger partial charge is 0.156 e. The van der Waals surface area contributed by atoms with Crippen molar-refractivity contribution in [1.82, 2.24) is 15.3 Å². The maximum atomic E-state index is 7.25. The predicted molar refractivity (Wildman–Crippen MR) is 153 cm³/mol. The molecule has 1 saturated heterocycles. The third-order valence-corrected chi connectivity index (χ3v) is 11.3. The summed E-state index contributed by atoms with van der Waals surface area (Å²) in [5.41, 5.74) is 0.0770. The SMILES string of the molecule is CC(C)Oc1cnc(C2CCC(C)(C)C(COS(c3ccccc3)(c3ccccc3)C(C)(C)C)N2)nc1. The topological polar surface area (TPSA) is 56.3 Å². The number of rotatable bonds is 8. The number of hydrogen-bond acceptors (Lipinski definition) is 5. The zero-order chi connectivity index (χ0) is 26.7. The highest BCUT2D eigenvalue weighted by molar-refractivity contribution is 8.31. The number of piperidine rings is 1. The molecule has 1 fully saturated rings. The minimum atomic E-state index is -1.81. The van der Waals surface area contributed by atoms with E-state index in [1.807, 2.05) is 13.8 Å². The Kier molecular flexibility index (Phi) is 8.32. The lowest BCUT2D eigenvalue weighted by Gasteiger charge is -2.52. The summed E-state index contributed by atoms with van der Waals surface area (Å²) < 4.78 is 12.9. The van der Waals surface area contributed by atoms with E-state index in [1.165, 1.54) is 9.79 Å². The third-order valence-electron chi connectivity index (χ3n) is 7.18. The number of hydrogen-bond donors (Lipinski definition) is 1. The molecule has 2 aromatic carbocycles. The molecule has 2 atom stereocenters. The van der Waals surface area contributed by atoms with Gasteiger partial charge in [-0.1, -0.05) is 60.6 Å². The molecule has 6 heteroatoms. The van der Waals surface area contributed by atoms with Crippen molar-refractivity contribution in [2.75, 3.05) is 6.61 Å². The minimum absolute atomic E-state index is 0.0770. The Bertz CT molecular complexity index is 1090. The molecule has 37 heavy (non-hydrogen) atoms. The second kappa shape index (κ2) is 11.1. The molecule has 1 aromatic heterocycles. The molecule has 4 rings (SSSR count). The Morgan fingerprint density at radius 1 is 0.946 bits per heavy atom. The zero-order valence-corrected chi connectivity index (χ0v) is 24.2. The van der Waals surface area contributed by atoms with E-state index >= 15 is 0 Å². The summed E-state index contributed by atoms with van der Waals surface area (Å²) in [6.07, 6.45) is 5.73. The fourth-order valence-electron chi connectivity index (χ4n) is 5.11. The van der Waals surface area contributed by atoms with Crippen LogP contribution in [0.2, 0.25) is 0 Å². The largest absolute Gasteiger partial charge is 0.488 e. The molecule has 0 saturated carbocycles. The van der Waals surface area contributed by atoms with Crippen LogP contribution in [-0.4, -0.2) is 33.5 Å². The first kappa shape index (κ1) is 27.6. The highest BCUT2D eigenvalue weighted by Gasteiger charge is 2.44. The van der Waals surface area contributed by atoms with Gasteiger partial charge in [0.1, 0.15) is 5.82 Å². The molecule has 0 spiro atoms. The molecule has 0 aliphatic carbocycles.